The summed E-state index contributed by atoms with van der Waals surface area (Å²) in [6.07, 6.45) is 51.7. The zero-order valence-corrected chi connectivity index (χ0v) is 52.0. The summed E-state index contributed by atoms with van der Waals surface area (Å²) in [7, 11) is 0. The van der Waals surface area contributed by atoms with E-state index in [2.05, 4.69) is 55.6 Å². The van der Waals surface area contributed by atoms with Crippen LogP contribution in [-0.2, 0) is 23.7 Å². The molecule has 82 heavy (non-hydrogen) atoms. The summed E-state index contributed by atoms with van der Waals surface area (Å²) in [5.41, 5.74) is 0. The zero-order valence-electron chi connectivity index (χ0n) is 52.0. The SMILES string of the molecule is CCCCCCCCCC/C=C\CCCCCCCCCCCCCCCCCCCC(=O)NC(COC1OC(CO)C(OC2OC(CO)C(O)C(O)C2O)C(O)C1O)C(O)/C=C/CC/C=C/CC/C=C/CCCCCCCCCCC. The Morgan fingerprint density at radius 1 is 0.427 bits per heavy atom. The van der Waals surface area contributed by atoms with Crippen LogP contribution in [0, 0.1) is 0 Å². The van der Waals surface area contributed by atoms with Gasteiger partial charge in [0.25, 0.3) is 0 Å². The van der Waals surface area contributed by atoms with Crippen molar-refractivity contribution >= 4 is 5.91 Å². The van der Waals surface area contributed by atoms with Crippen molar-refractivity contribution in [2.24, 2.45) is 0 Å². The average Bonchev–Trinajstić information content (AvgIpc) is 3.65. The van der Waals surface area contributed by atoms with E-state index in [4.69, 9.17) is 18.9 Å². The molecule has 9 N–H and O–H groups in total. The molecule has 14 heteroatoms. The van der Waals surface area contributed by atoms with E-state index < -0.39 is 86.8 Å². The summed E-state index contributed by atoms with van der Waals surface area (Å²) < 4.78 is 22.8. The summed E-state index contributed by atoms with van der Waals surface area (Å²) in [5.74, 6) is -0.250. The monoisotopic (exact) mass is 1160 g/mol. The number of aliphatic hydroxyl groups is 8. The highest BCUT2D eigenvalue weighted by Gasteiger charge is 2.51. The van der Waals surface area contributed by atoms with Gasteiger partial charge in [-0.1, -0.05) is 255 Å². The van der Waals surface area contributed by atoms with Crippen molar-refractivity contribution in [3.05, 3.63) is 48.6 Å². The number of aliphatic hydroxyl groups excluding tert-OH is 8. The Bertz CT molecular complexity index is 1560. The molecular weight excluding hydrogens is 1040 g/mol. The predicted octanol–water partition coefficient (Wildman–Crippen LogP) is 13.1. The normalized spacial score (nSPS) is 24.2. The maximum atomic E-state index is 13.3. The van der Waals surface area contributed by atoms with Gasteiger partial charge in [-0.15, -0.1) is 0 Å². The number of amides is 1. The molecule has 2 aliphatic heterocycles. The van der Waals surface area contributed by atoms with Gasteiger partial charge in [0.15, 0.2) is 12.6 Å². The number of hydrogen-bond donors (Lipinski definition) is 9. The number of carbonyl (C=O) groups is 1. The second-order valence-corrected chi connectivity index (χ2v) is 23.9. The van der Waals surface area contributed by atoms with Crippen LogP contribution in [0.5, 0.6) is 0 Å². The van der Waals surface area contributed by atoms with Crippen molar-refractivity contribution in [1.29, 1.82) is 0 Å². The van der Waals surface area contributed by atoms with Crippen LogP contribution >= 0.6 is 0 Å². The topological polar surface area (TPSA) is 228 Å². The molecule has 0 spiro atoms. The third-order valence-electron chi connectivity index (χ3n) is 16.5. The molecule has 0 radical (unpaired) electrons. The minimum Gasteiger partial charge on any atom is -0.394 e. The Kier molecular flexibility index (Phi) is 49.3. The van der Waals surface area contributed by atoms with Crippen LogP contribution in [-0.4, -0.2) is 140 Å². The average molecular weight is 1160 g/mol. The second kappa shape index (κ2) is 53.2. The van der Waals surface area contributed by atoms with Gasteiger partial charge in [-0.25, -0.2) is 0 Å². The predicted molar refractivity (Wildman–Crippen MR) is 332 cm³/mol. The number of rotatable bonds is 55. The summed E-state index contributed by atoms with van der Waals surface area (Å²) in [5, 5.41) is 87.3. The molecule has 2 fully saturated rings. The number of nitrogens with one attached hydrogen (secondary N) is 1. The highest BCUT2D eigenvalue weighted by molar-refractivity contribution is 5.76. The van der Waals surface area contributed by atoms with Crippen molar-refractivity contribution in [1.82, 2.24) is 5.32 Å². The van der Waals surface area contributed by atoms with Gasteiger partial charge >= 0.3 is 0 Å². The van der Waals surface area contributed by atoms with E-state index in [0.29, 0.717) is 12.8 Å². The first kappa shape index (κ1) is 76.0. The van der Waals surface area contributed by atoms with E-state index in [1.807, 2.05) is 6.08 Å². The molecule has 2 aliphatic rings. The Hall–Kier alpha value is -2.05. The second-order valence-electron chi connectivity index (χ2n) is 23.9. The van der Waals surface area contributed by atoms with Crippen LogP contribution in [0.1, 0.15) is 284 Å². The van der Waals surface area contributed by atoms with Crippen molar-refractivity contribution in [2.45, 2.75) is 357 Å². The Morgan fingerprint density at radius 3 is 1.20 bits per heavy atom. The Balaban J connectivity index is 1.69. The quantitative estimate of drug-likeness (QED) is 0.0204. The van der Waals surface area contributed by atoms with Crippen molar-refractivity contribution in [2.75, 3.05) is 19.8 Å². The van der Waals surface area contributed by atoms with Gasteiger partial charge in [-0.2, -0.15) is 0 Å². The van der Waals surface area contributed by atoms with Crippen LogP contribution in [0.4, 0.5) is 0 Å². The molecule has 0 aliphatic carbocycles. The first-order chi connectivity index (χ1) is 40.1. The largest absolute Gasteiger partial charge is 0.394 e. The molecule has 480 valence electrons. The van der Waals surface area contributed by atoms with Crippen LogP contribution in [0.15, 0.2) is 48.6 Å². The third-order valence-corrected chi connectivity index (χ3v) is 16.5. The standard InChI is InChI=1S/C68H125NO13/c1-3-5-7-9-11-13-15-17-19-21-23-24-25-26-27-28-29-30-31-32-34-36-38-40-42-44-46-48-50-52-60(73)69-56(57(72)51-49-47-45-43-41-39-37-35-33-22-20-18-16-14-12-10-8-6-4-2)55-79-67-65(78)63(76)66(59(54-71)81-67)82-68-64(77)62(75)61(74)58(53-70)80-68/h21,23,33,35,41,43,49,51,56-59,61-68,70-72,74-78H,3-20,22,24-32,34,36-40,42,44-48,50,52-55H2,1-2H3,(H,69,73)/b23-21-,35-33+,43-41+,51-49+. The zero-order chi connectivity index (χ0) is 59.5. The molecule has 0 aromatic heterocycles. The van der Waals surface area contributed by atoms with Crippen LogP contribution < -0.4 is 5.32 Å². The van der Waals surface area contributed by atoms with E-state index in [1.54, 1.807) is 6.08 Å². The number of unbranched alkanes of at least 4 members (excludes halogenated alkanes) is 36. The van der Waals surface area contributed by atoms with Crippen LogP contribution in [0.3, 0.4) is 0 Å². The molecule has 12 atom stereocenters. The molecule has 0 saturated carbocycles. The molecular formula is C68H125NO13. The maximum Gasteiger partial charge on any atom is 0.220 e. The fourth-order valence-corrected chi connectivity index (χ4v) is 11.0. The fraction of sp³-hybridized carbons (Fsp3) is 0.868. The van der Waals surface area contributed by atoms with E-state index in [0.717, 1.165) is 44.9 Å². The molecule has 0 bridgehead atoms. The first-order valence-electron chi connectivity index (χ1n) is 33.9. The third kappa shape index (κ3) is 37.5. The Morgan fingerprint density at radius 2 is 0.780 bits per heavy atom. The van der Waals surface area contributed by atoms with E-state index >= 15 is 0 Å². The number of hydrogen-bond acceptors (Lipinski definition) is 13. The lowest BCUT2D eigenvalue weighted by Crippen LogP contribution is -2.65. The van der Waals surface area contributed by atoms with Crippen LogP contribution in [0.25, 0.3) is 0 Å². The van der Waals surface area contributed by atoms with E-state index in [-0.39, 0.29) is 18.9 Å². The number of carbonyl (C=O) groups excluding carboxylic acids is 1. The van der Waals surface area contributed by atoms with Gasteiger partial charge in [-0.05, 0) is 70.6 Å². The molecule has 2 heterocycles. The molecule has 14 nitrogen and oxygen atoms in total. The van der Waals surface area contributed by atoms with E-state index in [9.17, 15) is 45.6 Å². The summed E-state index contributed by atoms with van der Waals surface area (Å²) in [6, 6.07) is -0.938. The van der Waals surface area contributed by atoms with Gasteiger partial charge in [0, 0.05) is 6.42 Å². The molecule has 12 unspecified atom stereocenters. The first-order valence-corrected chi connectivity index (χ1v) is 33.9. The molecule has 1 amide bonds. The lowest BCUT2D eigenvalue weighted by molar-refractivity contribution is -0.359. The fourth-order valence-electron chi connectivity index (χ4n) is 11.0. The minimum absolute atomic E-state index is 0.250. The molecule has 0 aromatic carbocycles. The van der Waals surface area contributed by atoms with Gasteiger partial charge in [0.2, 0.25) is 5.91 Å². The van der Waals surface area contributed by atoms with Crippen molar-refractivity contribution < 1.29 is 64.6 Å². The summed E-state index contributed by atoms with van der Waals surface area (Å²) in [4.78, 5) is 13.3. The highest BCUT2D eigenvalue weighted by atomic mass is 16.7. The van der Waals surface area contributed by atoms with Gasteiger partial charge in [0.1, 0.15) is 48.8 Å². The summed E-state index contributed by atoms with van der Waals surface area (Å²) in [6.45, 7) is 2.80. The van der Waals surface area contributed by atoms with Crippen molar-refractivity contribution in [3.63, 3.8) is 0 Å². The van der Waals surface area contributed by atoms with Gasteiger partial charge in [-0.3, -0.25) is 4.79 Å². The maximum absolute atomic E-state index is 13.3. The minimum atomic E-state index is -1.79. The molecule has 0 aromatic rings. The van der Waals surface area contributed by atoms with Crippen molar-refractivity contribution in [3.8, 4) is 0 Å². The molecule has 2 saturated heterocycles. The van der Waals surface area contributed by atoms with Crippen LogP contribution in [0.2, 0.25) is 0 Å². The lowest BCUT2D eigenvalue weighted by Gasteiger charge is -2.46. The van der Waals surface area contributed by atoms with Gasteiger partial charge < -0.3 is 65.1 Å². The number of allylic oxidation sites excluding steroid dienone is 7. The van der Waals surface area contributed by atoms with E-state index in [1.165, 1.54) is 205 Å². The van der Waals surface area contributed by atoms with Gasteiger partial charge in [0.05, 0.1) is 32.0 Å². The summed E-state index contributed by atoms with van der Waals surface area (Å²) >= 11 is 0. The Labute approximate surface area is 499 Å². The molecule has 2 rings (SSSR count). The number of ether oxygens (including phenoxy) is 4. The smallest absolute Gasteiger partial charge is 0.220 e. The highest BCUT2D eigenvalue weighted by Crippen LogP contribution is 2.30. The lowest BCUT2D eigenvalue weighted by atomic mass is 9.97.